The molecular formula is C19H28N2O3. The zero-order chi connectivity index (χ0) is 17.7. The van der Waals surface area contributed by atoms with Crippen molar-refractivity contribution in [1.29, 1.82) is 0 Å². The second-order valence-corrected chi connectivity index (χ2v) is 6.57. The Balaban J connectivity index is 2.10. The minimum Gasteiger partial charge on any atom is -0.497 e. The number of rotatable bonds is 8. The van der Waals surface area contributed by atoms with Crippen molar-refractivity contribution in [3.8, 4) is 5.75 Å². The van der Waals surface area contributed by atoms with Crippen molar-refractivity contribution in [1.82, 2.24) is 5.32 Å². The number of amides is 2. The Morgan fingerprint density at radius 3 is 2.38 bits per heavy atom. The first-order valence-corrected chi connectivity index (χ1v) is 8.71. The lowest BCUT2D eigenvalue weighted by molar-refractivity contribution is -0.127. The molecule has 0 spiro atoms. The second-order valence-electron chi connectivity index (χ2n) is 6.57. The molecule has 0 aliphatic heterocycles. The van der Waals surface area contributed by atoms with Crippen LogP contribution in [0.2, 0.25) is 0 Å². The minimum absolute atomic E-state index is 0.0340. The molecule has 2 unspecified atom stereocenters. The van der Waals surface area contributed by atoms with E-state index in [1.165, 1.54) is 0 Å². The second kappa shape index (κ2) is 8.18. The van der Waals surface area contributed by atoms with Gasteiger partial charge < -0.3 is 15.0 Å². The maximum Gasteiger partial charge on any atom is 0.246 e. The summed E-state index contributed by atoms with van der Waals surface area (Å²) in [5.41, 5.74) is 0.845. The van der Waals surface area contributed by atoms with E-state index in [4.69, 9.17) is 4.74 Å². The van der Waals surface area contributed by atoms with Crippen LogP contribution in [0.4, 0.5) is 5.69 Å². The average molecular weight is 332 g/mol. The molecular weight excluding hydrogens is 304 g/mol. The van der Waals surface area contributed by atoms with Gasteiger partial charge in [0, 0.05) is 17.6 Å². The predicted octanol–water partition coefficient (Wildman–Crippen LogP) is 2.99. The zero-order valence-electron chi connectivity index (χ0n) is 15.0. The topological polar surface area (TPSA) is 58.6 Å². The van der Waals surface area contributed by atoms with Gasteiger partial charge in [0.15, 0.2) is 0 Å². The van der Waals surface area contributed by atoms with Crippen LogP contribution in [0.1, 0.15) is 40.0 Å². The van der Waals surface area contributed by atoms with Gasteiger partial charge in [-0.1, -0.05) is 13.8 Å². The molecule has 1 fully saturated rings. The molecule has 0 aromatic heterocycles. The van der Waals surface area contributed by atoms with E-state index >= 15 is 0 Å². The highest BCUT2D eigenvalue weighted by atomic mass is 16.5. The van der Waals surface area contributed by atoms with Gasteiger partial charge in [0.1, 0.15) is 5.75 Å². The van der Waals surface area contributed by atoms with Crippen LogP contribution in [0.5, 0.6) is 5.75 Å². The molecule has 5 nitrogen and oxygen atoms in total. The highest BCUT2D eigenvalue weighted by Gasteiger charge is 2.35. The first-order valence-electron chi connectivity index (χ1n) is 8.71. The number of nitrogens with zero attached hydrogens (tertiary/aromatic N) is 1. The Morgan fingerprint density at radius 2 is 1.88 bits per heavy atom. The van der Waals surface area contributed by atoms with Gasteiger partial charge >= 0.3 is 0 Å². The van der Waals surface area contributed by atoms with Gasteiger partial charge in [-0.2, -0.15) is 0 Å². The Morgan fingerprint density at radius 1 is 1.25 bits per heavy atom. The Bertz CT molecular complexity index is 566. The smallest absolute Gasteiger partial charge is 0.246 e. The summed E-state index contributed by atoms with van der Waals surface area (Å²) >= 11 is 0. The monoisotopic (exact) mass is 332 g/mol. The molecule has 1 aromatic rings. The number of carbonyl (C=O) groups excluding carboxylic acids is 2. The van der Waals surface area contributed by atoms with Gasteiger partial charge in [-0.15, -0.1) is 0 Å². The van der Waals surface area contributed by atoms with Gasteiger partial charge in [-0.3, -0.25) is 9.59 Å². The molecule has 2 atom stereocenters. The number of hydrogen-bond donors (Lipinski definition) is 1. The van der Waals surface area contributed by atoms with Crippen LogP contribution in [-0.4, -0.2) is 31.5 Å². The fraction of sp³-hybridized carbons (Fsp3) is 0.579. The molecule has 0 saturated heterocycles. The van der Waals surface area contributed by atoms with Crippen LogP contribution in [-0.2, 0) is 9.59 Å². The molecule has 1 aromatic carbocycles. The summed E-state index contributed by atoms with van der Waals surface area (Å²) in [7, 11) is 1.62. The molecule has 132 valence electrons. The van der Waals surface area contributed by atoms with Gasteiger partial charge in [0.25, 0.3) is 0 Å². The van der Waals surface area contributed by atoms with Crippen LogP contribution in [0.25, 0.3) is 0 Å². The summed E-state index contributed by atoms with van der Waals surface area (Å²) in [4.78, 5) is 26.5. The fourth-order valence-corrected chi connectivity index (χ4v) is 2.75. The summed E-state index contributed by atoms with van der Waals surface area (Å²) in [6.07, 6.45) is 3.07. The third kappa shape index (κ3) is 4.49. The van der Waals surface area contributed by atoms with Crippen LogP contribution in [0.3, 0.4) is 0 Å². The average Bonchev–Trinajstić information content (AvgIpc) is 3.44. The Hall–Kier alpha value is -2.04. The van der Waals surface area contributed by atoms with Crippen molar-refractivity contribution in [2.24, 2.45) is 11.8 Å². The molecule has 1 aliphatic carbocycles. The van der Waals surface area contributed by atoms with Crippen molar-refractivity contribution in [3.05, 3.63) is 24.3 Å². The Labute approximate surface area is 144 Å². The summed E-state index contributed by atoms with van der Waals surface area (Å²) < 4.78 is 5.19. The van der Waals surface area contributed by atoms with Crippen molar-refractivity contribution in [3.63, 3.8) is 0 Å². The van der Waals surface area contributed by atoms with E-state index in [1.54, 1.807) is 7.11 Å². The minimum atomic E-state index is -0.0758. The molecule has 1 N–H and O–H groups in total. The number of carbonyl (C=O) groups is 2. The normalized spacial score (nSPS) is 16.2. The van der Waals surface area contributed by atoms with E-state index < -0.39 is 0 Å². The number of ether oxygens (including phenoxy) is 1. The summed E-state index contributed by atoms with van der Waals surface area (Å²) in [6.45, 7) is 5.95. The molecule has 5 heteroatoms. The molecule has 1 saturated carbocycles. The van der Waals surface area contributed by atoms with E-state index in [1.807, 2.05) is 43.0 Å². The van der Waals surface area contributed by atoms with E-state index in [0.717, 1.165) is 30.7 Å². The highest BCUT2D eigenvalue weighted by molar-refractivity contribution is 5.97. The SMILES string of the molecule is CCC(C)C(=O)NCC(=O)N(c1ccc(OC)cc1)C(C)C1CC1. The lowest BCUT2D eigenvalue weighted by Gasteiger charge is -2.30. The molecule has 24 heavy (non-hydrogen) atoms. The van der Waals surface area contributed by atoms with Gasteiger partial charge in [0.05, 0.1) is 13.7 Å². The van der Waals surface area contributed by atoms with Crippen molar-refractivity contribution >= 4 is 17.5 Å². The fourth-order valence-electron chi connectivity index (χ4n) is 2.75. The van der Waals surface area contributed by atoms with Crippen LogP contribution in [0.15, 0.2) is 24.3 Å². The van der Waals surface area contributed by atoms with E-state index in [-0.39, 0.29) is 30.3 Å². The molecule has 0 heterocycles. The number of methoxy groups -OCH3 is 1. The van der Waals surface area contributed by atoms with Crippen LogP contribution < -0.4 is 15.0 Å². The molecule has 1 aliphatic rings. The lowest BCUT2D eigenvalue weighted by Crippen LogP contribution is -2.46. The highest BCUT2D eigenvalue weighted by Crippen LogP contribution is 2.37. The number of benzene rings is 1. The summed E-state index contributed by atoms with van der Waals surface area (Å²) in [5, 5.41) is 2.77. The summed E-state index contributed by atoms with van der Waals surface area (Å²) in [5.74, 6) is 1.08. The van der Waals surface area contributed by atoms with Crippen LogP contribution in [0, 0.1) is 11.8 Å². The van der Waals surface area contributed by atoms with Crippen molar-refractivity contribution < 1.29 is 14.3 Å². The first kappa shape index (κ1) is 18.3. The van der Waals surface area contributed by atoms with Gasteiger partial charge in [0.2, 0.25) is 11.8 Å². The van der Waals surface area contributed by atoms with Crippen molar-refractivity contribution in [2.75, 3.05) is 18.6 Å². The third-order valence-electron chi connectivity index (χ3n) is 4.80. The predicted molar refractivity (Wildman–Crippen MR) is 95.1 cm³/mol. The van der Waals surface area contributed by atoms with Crippen LogP contribution >= 0.6 is 0 Å². The molecule has 0 bridgehead atoms. The third-order valence-corrected chi connectivity index (χ3v) is 4.80. The lowest BCUT2D eigenvalue weighted by atomic mass is 10.1. The summed E-state index contributed by atoms with van der Waals surface area (Å²) in [6, 6.07) is 7.63. The number of hydrogen-bond acceptors (Lipinski definition) is 3. The zero-order valence-corrected chi connectivity index (χ0v) is 15.0. The van der Waals surface area contributed by atoms with Gasteiger partial charge in [-0.25, -0.2) is 0 Å². The molecule has 2 amide bonds. The largest absolute Gasteiger partial charge is 0.497 e. The Kier molecular flexibility index (Phi) is 6.23. The molecule has 0 radical (unpaired) electrons. The van der Waals surface area contributed by atoms with E-state index in [9.17, 15) is 9.59 Å². The van der Waals surface area contributed by atoms with Gasteiger partial charge in [-0.05, 0) is 56.4 Å². The molecule has 2 rings (SSSR count). The maximum atomic E-state index is 12.8. The van der Waals surface area contributed by atoms with E-state index in [0.29, 0.717) is 5.92 Å². The first-order chi connectivity index (χ1) is 11.5. The quantitative estimate of drug-likeness (QED) is 0.796. The van der Waals surface area contributed by atoms with E-state index in [2.05, 4.69) is 12.2 Å². The standard InChI is InChI=1S/C19H28N2O3/c1-5-13(2)19(23)20-12-18(22)21(14(3)15-6-7-15)16-8-10-17(24-4)11-9-16/h8-11,13-15H,5-7,12H2,1-4H3,(H,20,23). The maximum absolute atomic E-state index is 12.8. The number of anilines is 1. The van der Waals surface area contributed by atoms with Crippen molar-refractivity contribution in [2.45, 2.75) is 46.1 Å². The number of nitrogens with one attached hydrogen (secondary N) is 1.